The highest BCUT2D eigenvalue weighted by atomic mass is 35.5. The predicted molar refractivity (Wildman–Crippen MR) is 83.6 cm³/mol. The zero-order valence-corrected chi connectivity index (χ0v) is 14.0. The average molecular weight is 333 g/mol. The molecule has 0 atom stereocenters. The number of alkyl halides is 1. The Hall–Kier alpha value is -0.820. The van der Waals surface area contributed by atoms with Gasteiger partial charge in [0.15, 0.2) is 0 Å². The van der Waals surface area contributed by atoms with Crippen LogP contribution in [0.1, 0.15) is 5.56 Å². The molecular weight excluding hydrogens is 312 g/mol. The van der Waals surface area contributed by atoms with E-state index in [0.717, 1.165) is 12.1 Å². The second kappa shape index (κ2) is 6.96. The monoisotopic (exact) mass is 332 g/mol. The van der Waals surface area contributed by atoms with Gasteiger partial charge in [0.05, 0.1) is 7.11 Å². The number of aryl methyl sites for hydroxylation is 1. The fourth-order valence-electron chi connectivity index (χ4n) is 2.44. The van der Waals surface area contributed by atoms with Crippen LogP contribution in [0.5, 0.6) is 5.75 Å². The lowest BCUT2D eigenvalue weighted by molar-refractivity contribution is 0.197. The van der Waals surface area contributed by atoms with Gasteiger partial charge in [0, 0.05) is 38.6 Å². The predicted octanol–water partition coefficient (Wildman–Crippen LogP) is 1.55. The van der Waals surface area contributed by atoms with Crippen molar-refractivity contribution in [2.75, 3.05) is 45.7 Å². The van der Waals surface area contributed by atoms with Crippen LogP contribution < -0.4 is 4.74 Å². The number of ether oxygens (including phenoxy) is 1. The molecule has 1 saturated heterocycles. The van der Waals surface area contributed by atoms with Gasteiger partial charge in [-0.05, 0) is 24.6 Å². The quantitative estimate of drug-likeness (QED) is 0.768. The fourth-order valence-corrected chi connectivity index (χ4v) is 4.34. The molecule has 7 heteroatoms. The number of rotatable bonds is 5. The molecule has 0 radical (unpaired) electrons. The lowest BCUT2D eigenvalue weighted by Crippen LogP contribution is -2.49. The van der Waals surface area contributed by atoms with Gasteiger partial charge < -0.3 is 4.74 Å². The van der Waals surface area contributed by atoms with E-state index in [0.29, 0.717) is 37.8 Å². The molecule has 0 N–H and O–H groups in total. The number of hydrogen-bond donors (Lipinski definition) is 0. The van der Waals surface area contributed by atoms with Crippen molar-refractivity contribution in [3.05, 3.63) is 23.8 Å². The molecule has 1 aliphatic heterocycles. The van der Waals surface area contributed by atoms with Gasteiger partial charge in [0.1, 0.15) is 10.6 Å². The molecule has 0 unspecified atom stereocenters. The summed E-state index contributed by atoms with van der Waals surface area (Å²) >= 11 is 5.72. The zero-order chi connectivity index (χ0) is 15.5. The SMILES string of the molecule is COc1ccc(C)cc1S(=O)(=O)N1CCN(CCCl)CC1. The summed E-state index contributed by atoms with van der Waals surface area (Å²) in [6, 6.07) is 5.21. The number of nitrogens with zero attached hydrogens (tertiary/aromatic N) is 2. The maximum absolute atomic E-state index is 12.8. The summed E-state index contributed by atoms with van der Waals surface area (Å²) in [5.74, 6) is 0.960. The van der Waals surface area contributed by atoms with Crippen molar-refractivity contribution in [3.63, 3.8) is 0 Å². The van der Waals surface area contributed by atoms with E-state index in [2.05, 4.69) is 4.90 Å². The van der Waals surface area contributed by atoms with Gasteiger partial charge in [-0.3, -0.25) is 4.90 Å². The molecule has 0 amide bonds. The van der Waals surface area contributed by atoms with E-state index < -0.39 is 10.0 Å². The van der Waals surface area contributed by atoms with Crippen molar-refractivity contribution in [3.8, 4) is 5.75 Å². The molecule has 21 heavy (non-hydrogen) atoms. The maximum Gasteiger partial charge on any atom is 0.246 e. The molecule has 1 heterocycles. The third-order valence-electron chi connectivity index (χ3n) is 3.67. The van der Waals surface area contributed by atoms with E-state index in [1.165, 1.54) is 11.4 Å². The largest absolute Gasteiger partial charge is 0.495 e. The van der Waals surface area contributed by atoms with E-state index >= 15 is 0 Å². The van der Waals surface area contributed by atoms with E-state index in [-0.39, 0.29) is 4.90 Å². The van der Waals surface area contributed by atoms with Crippen molar-refractivity contribution in [1.82, 2.24) is 9.21 Å². The number of benzene rings is 1. The Bertz CT molecular complexity index is 584. The summed E-state index contributed by atoms with van der Waals surface area (Å²) in [5.41, 5.74) is 0.898. The van der Waals surface area contributed by atoms with Crippen LogP contribution in [-0.4, -0.2) is 63.3 Å². The highest BCUT2D eigenvalue weighted by molar-refractivity contribution is 7.89. The molecule has 1 aromatic carbocycles. The third kappa shape index (κ3) is 3.69. The molecule has 0 aliphatic carbocycles. The second-order valence-electron chi connectivity index (χ2n) is 5.09. The normalized spacial score (nSPS) is 17.9. The Morgan fingerprint density at radius 3 is 2.48 bits per heavy atom. The number of sulfonamides is 1. The summed E-state index contributed by atoms with van der Waals surface area (Å²) in [6.07, 6.45) is 0. The van der Waals surface area contributed by atoms with Crippen LogP contribution in [0, 0.1) is 6.92 Å². The zero-order valence-electron chi connectivity index (χ0n) is 12.4. The topological polar surface area (TPSA) is 49.9 Å². The first-order valence-electron chi connectivity index (χ1n) is 6.92. The van der Waals surface area contributed by atoms with E-state index in [9.17, 15) is 8.42 Å². The number of hydrogen-bond acceptors (Lipinski definition) is 4. The highest BCUT2D eigenvalue weighted by Crippen LogP contribution is 2.28. The Morgan fingerprint density at radius 2 is 1.90 bits per heavy atom. The van der Waals surface area contributed by atoms with Gasteiger partial charge in [-0.25, -0.2) is 8.42 Å². The van der Waals surface area contributed by atoms with Gasteiger partial charge in [0.2, 0.25) is 10.0 Å². The van der Waals surface area contributed by atoms with Crippen molar-refractivity contribution in [2.45, 2.75) is 11.8 Å². The summed E-state index contributed by atoms with van der Waals surface area (Å²) in [7, 11) is -2.03. The van der Waals surface area contributed by atoms with Crippen LogP contribution in [-0.2, 0) is 10.0 Å². The van der Waals surface area contributed by atoms with Crippen LogP contribution in [0.4, 0.5) is 0 Å². The Balaban J connectivity index is 2.21. The van der Waals surface area contributed by atoms with Crippen LogP contribution in [0.2, 0.25) is 0 Å². The minimum atomic E-state index is -3.52. The van der Waals surface area contributed by atoms with Gasteiger partial charge >= 0.3 is 0 Å². The van der Waals surface area contributed by atoms with Gasteiger partial charge in [-0.1, -0.05) is 6.07 Å². The second-order valence-corrected chi connectivity index (χ2v) is 7.37. The number of methoxy groups -OCH3 is 1. The van der Waals surface area contributed by atoms with Crippen LogP contribution >= 0.6 is 11.6 Å². The molecule has 5 nitrogen and oxygen atoms in total. The smallest absolute Gasteiger partial charge is 0.246 e. The van der Waals surface area contributed by atoms with Crippen LogP contribution in [0.15, 0.2) is 23.1 Å². The summed E-state index contributed by atoms with van der Waals surface area (Å²) in [6.45, 7) is 5.05. The summed E-state index contributed by atoms with van der Waals surface area (Å²) in [4.78, 5) is 2.42. The minimum Gasteiger partial charge on any atom is -0.495 e. The first-order chi connectivity index (χ1) is 9.98. The lowest BCUT2D eigenvalue weighted by Gasteiger charge is -2.33. The first kappa shape index (κ1) is 16.5. The maximum atomic E-state index is 12.8. The minimum absolute atomic E-state index is 0.246. The molecular formula is C14H21ClN2O3S. The van der Waals surface area contributed by atoms with E-state index in [1.54, 1.807) is 12.1 Å². The molecule has 0 aromatic heterocycles. The van der Waals surface area contributed by atoms with Crippen molar-refractivity contribution >= 4 is 21.6 Å². The third-order valence-corrected chi connectivity index (χ3v) is 5.76. The van der Waals surface area contributed by atoms with Crippen LogP contribution in [0.25, 0.3) is 0 Å². The first-order valence-corrected chi connectivity index (χ1v) is 8.89. The average Bonchev–Trinajstić information content (AvgIpc) is 2.48. The van der Waals surface area contributed by atoms with E-state index in [1.807, 2.05) is 13.0 Å². The van der Waals surface area contributed by atoms with Crippen LogP contribution in [0.3, 0.4) is 0 Å². The van der Waals surface area contributed by atoms with Crippen molar-refractivity contribution in [2.24, 2.45) is 0 Å². The highest BCUT2D eigenvalue weighted by Gasteiger charge is 2.30. The molecule has 2 rings (SSSR count). The van der Waals surface area contributed by atoms with Gasteiger partial charge in [-0.15, -0.1) is 11.6 Å². The molecule has 118 valence electrons. The Labute approximate surface area is 131 Å². The van der Waals surface area contributed by atoms with Gasteiger partial charge in [0.25, 0.3) is 0 Å². The fraction of sp³-hybridized carbons (Fsp3) is 0.571. The lowest BCUT2D eigenvalue weighted by atomic mass is 10.2. The molecule has 0 spiro atoms. The molecule has 1 aliphatic rings. The van der Waals surface area contributed by atoms with Crippen molar-refractivity contribution < 1.29 is 13.2 Å². The molecule has 1 fully saturated rings. The molecule has 0 saturated carbocycles. The molecule has 1 aromatic rings. The number of halogens is 1. The number of piperazine rings is 1. The van der Waals surface area contributed by atoms with Gasteiger partial charge in [-0.2, -0.15) is 4.31 Å². The summed E-state index contributed by atoms with van der Waals surface area (Å²) < 4.78 is 32.3. The van der Waals surface area contributed by atoms with E-state index in [4.69, 9.17) is 16.3 Å². The standard InChI is InChI=1S/C14H21ClN2O3S/c1-12-3-4-13(20-2)14(11-12)21(18,19)17-9-7-16(6-5-15)8-10-17/h3-4,11H,5-10H2,1-2H3. The molecule has 0 bridgehead atoms. The summed E-state index contributed by atoms with van der Waals surface area (Å²) in [5, 5.41) is 0. The van der Waals surface area contributed by atoms with Crippen molar-refractivity contribution in [1.29, 1.82) is 0 Å². The Morgan fingerprint density at radius 1 is 1.24 bits per heavy atom. The Kier molecular flexibility index (Phi) is 5.48.